The number of benzene rings is 2. The van der Waals surface area contributed by atoms with Crippen LogP contribution in [0.3, 0.4) is 0 Å². The summed E-state index contributed by atoms with van der Waals surface area (Å²) in [4.78, 5) is 0. The minimum absolute atomic E-state index is 0.447. The highest BCUT2D eigenvalue weighted by atomic mass is 35.5. The lowest BCUT2D eigenvalue weighted by Gasteiger charge is -2.29. The summed E-state index contributed by atoms with van der Waals surface area (Å²) in [6, 6.07) is 15.6. The number of hydrogen-bond donors (Lipinski definition) is 0. The maximum absolute atomic E-state index is 8.78. The molecule has 0 heterocycles. The average molecular weight is 270 g/mol. The maximum Gasteiger partial charge on any atom is 0.137 e. The van der Waals surface area contributed by atoms with Crippen molar-refractivity contribution in [1.29, 1.82) is 5.26 Å². The topological polar surface area (TPSA) is 33.0 Å². The molecular formula is C16H12ClNO. The lowest BCUT2D eigenvalue weighted by molar-refractivity contribution is 0.275. The molecule has 0 spiro atoms. The predicted molar refractivity (Wildman–Crippen MR) is 74.5 cm³/mol. The number of fused-ring (bicyclic) bond motifs is 1. The van der Waals surface area contributed by atoms with Crippen LogP contribution in [-0.4, -0.2) is 6.61 Å². The molecule has 2 aromatic rings. The third kappa shape index (κ3) is 2.30. The predicted octanol–water partition coefficient (Wildman–Crippen LogP) is 3.93. The van der Waals surface area contributed by atoms with E-state index in [4.69, 9.17) is 21.6 Å². The number of nitrogens with zero attached hydrogens (tertiary/aromatic N) is 1. The number of rotatable bonds is 3. The van der Waals surface area contributed by atoms with Crippen molar-refractivity contribution < 1.29 is 4.74 Å². The van der Waals surface area contributed by atoms with Crippen LogP contribution >= 0.6 is 11.6 Å². The molecule has 1 unspecified atom stereocenters. The number of nitriles is 1. The number of hydrogen-bond acceptors (Lipinski definition) is 2. The van der Waals surface area contributed by atoms with E-state index in [0.717, 1.165) is 6.42 Å². The van der Waals surface area contributed by atoms with Crippen molar-refractivity contribution >= 4 is 11.6 Å². The second-order valence-corrected chi connectivity index (χ2v) is 5.08. The van der Waals surface area contributed by atoms with Gasteiger partial charge in [0.05, 0.1) is 23.3 Å². The van der Waals surface area contributed by atoms with Crippen LogP contribution in [-0.2, 0) is 6.42 Å². The Kier molecular flexibility index (Phi) is 3.15. The van der Waals surface area contributed by atoms with E-state index in [1.165, 1.54) is 11.1 Å². The van der Waals surface area contributed by atoms with E-state index in [0.29, 0.717) is 28.9 Å². The van der Waals surface area contributed by atoms with E-state index in [1.807, 2.05) is 0 Å². The van der Waals surface area contributed by atoms with Gasteiger partial charge in [-0.05, 0) is 35.7 Å². The Hall–Kier alpha value is -1.98. The van der Waals surface area contributed by atoms with Crippen LogP contribution in [0.4, 0.5) is 0 Å². The van der Waals surface area contributed by atoms with Gasteiger partial charge in [-0.2, -0.15) is 5.26 Å². The summed E-state index contributed by atoms with van der Waals surface area (Å²) in [7, 11) is 0. The zero-order chi connectivity index (χ0) is 13.2. The fourth-order valence-electron chi connectivity index (χ4n) is 2.39. The van der Waals surface area contributed by atoms with Crippen LogP contribution in [0, 0.1) is 11.3 Å². The molecule has 2 aromatic carbocycles. The molecule has 1 aliphatic rings. The molecule has 1 atom stereocenters. The third-order valence-electron chi connectivity index (χ3n) is 3.46. The molecule has 1 aliphatic carbocycles. The van der Waals surface area contributed by atoms with Crippen molar-refractivity contribution in [3.63, 3.8) is 0 Å². The molecule has 3 heteroatoms. The first kappa shape index (κ1) is 12.1. The lowest BCUT2D eigenvalue weighted by atomic mass is 9.78. The fourth-order valence-corrected chi connectivity index (χ4v) is 2.62. The van der Waals surface area contributed by atoms with Gasteiger partial charge in [-0.15, -0.1) is 0 Å². The molecule has 0 fully saturated rings. The Bertz CT molecular complexity index is 660. The molecule has 2 nitrogen and oxygen atoms in total. The van der Waals surface area contributed by atoms with E-state index in [2.05, 4.69) is 30.3 Å². The molecule has 3 rings (SSSR count). The van der Waals surface area contributed by atoms with Gasteiger partial charge in [-0.1, -0.05) is 35.9 Å². The summed E-state index contributed by atoms with van der Waals surface area (Å²) in [6.45, 7) is 0.628. The molecule has 0 bridgehead atoms. The highest BCUT2D eigenvalue weighted by molar-refractivity contribution is 6.32. The summed E-state index contributed by atoms with van der Waals surface area (Å²) in [5.41, 5.74) is 3.32. The van der Waals surface area contributed by atoms with Crippen molar-refractivity contribution in [3.8, 4) is 11.8 Å². The summed E-state index contributed by atoms with van der Waals surface area (Å²) < 4.78 is 5.76. The average Bonchev–Trinajstić information content (AvgIpc) is 2.41. The van der Waals surface area contributed by atoms with Gasteiger partial charge in [-0.25, -0.2) is 0 Å². The second kappa shape index (κ2) is 4.95. The summed E-state index contributed by atoms with van der Waals surface area (Å²) in [5.74, 6) is 1.09. The van der Waals surface area contributed by atoms with Gasteiger partial charge < -0.3 is 4.74 Å². The minimum Gasteiger partial charge on any atom is -0.491 e. The SMILES string of the molecule is N#Cc1ccc(OCC2Cc3ccccc32)c(Cl)c1. The van der Waals surface area contributed by atoms with E-state index < -0.39 is 0 Å². The Balaban J connectivity index is 1.67. The molecule has 0 radical (unpaired) electrons. The second-order valence-electron chi connectivity index (χ2n) is 4.67. The lowest BCUT2D eigenvalue weighted by Crippen LogP contribution is -2.23. The van der Waals surface area contributed by atoms with Crippen molar-refractivity contribution in [2.45, 2.75) is 12.3 Å². The van der Waals surface area contributed by atoms with Crippen molar-refractivity contribution in [2.75, 3.05) is 6.61 Å². The molecule has 0 aliphatic heterocycles. The fraction of sp³-hybridized carbons (Fsp3) is 0.188. The molecule has 0 aromatic heterocycles. The van der Waals surface area contributed by atoms with Gasteiger partial charge in [0.25, 0.3) is 0 Å². The molecule has 0 saturated carbocycles. The van der Waals surface area contributed by atoms with Crippen LogP contribution in [0.25, 0.3) is 0 Å². The van der Waals surface area contributed by atoms with Crippen LogP contribution in [0.2, 0.25) is 5.02 Å². The summed E-state index contributed by atoms with van der Waals surface area (Å²) in [5, 5.41) is 9.27. The van der Waals surface area contributed by atoms with Crippen LogP contribution < -0.4 is 4.74 Å². The Morgan fingerprint density at radius 3 is 2.84 bits per heavy atom. The molecule has 0 saturated heterocycles. The maximum atomic E-state index is 8.78. The van der Waals surface area contributed by atoms with E-state index in [-0.39, 0.29) is 0 Å². The highest BCUT2D eigenvalue weighted by Gasteiger charge is 2.26. The van der Waals surface area contributed by atoms with Gasteiger partial charge in [0, 0.05) is 5.92 Å². The van der Waals surface area contributed by atoms with Crippen LogP contribution in [0.5, 0.6) is 5.75 Å². The van der Waals surface area contributed by atoms with E-state index >= 15 is 0 Å². The quantitative estimate of drug-likeness (QED) is 0.846. The molecular weight excluding hydrogens is 258 g/mol. The van der Waals surface area contributed by atoms with Gasteiger partial charge in [-0.3, -0.25) is 0 Å². The Morgan fingerprint density at radius 1 is 1.26 bits per heavy atom. The molecule has 94 valence electrons. The van der Waals surface area contributed by atoms with Crippen LogP contribution in [0.1, 0.15) is 22.6 Å². The summed E-state index contributed by atoms with van der Waals surface area (Å²) >= 11 is 6.08. The van der Waals surface area contributed by atoms with E-state index in [1.54, 1.807) is 18.2 Å². The Morgan fingerprint density at radius 2 is 2.11 bits per heavy atom. The first-order valence-electron chi connectivity index (χ1n) is 6.18. The first-order chi connectivity index (χ1) is 9.28. The normalized spacial score (nSPS) is 16.1. The van der Waals surface area contributed by atoms with E-state index in [9.17, 15) is 0 Å². The zero-order valence-electron chi connectivity index (χ0n) is 10.3. The van der Waals surface area contributed by atoms with Crippen molar-refractivity contribution in [2.24, 2.45) is 0 Å². The number of ether oxygens (including phenoxy) is 1. The minimum atomic E-state index is 0.447. The Labute approximate surface area is 117 Å². The number of halogens is 1. The summed E-state index contributed by atoms with van der Waals surface area (Å²) in [6.07, 6.45) is 1.06. The third-order valence-corrected chi connectivity index (χ3v) is 3.76. The van der Waals surface area contributed by atoms with Crippen LogP contribution in [0.15, 0.2) is 42.5 Å². The van der Waals surface area contributed by atoms with Crippen molar-refractivity contribution in [1.82, 2.24) is 0 Å². The molecule has 0 N–H and O–H groups in total. The van der Waals surface area contributed by atoms with Gasteiger partial charge in [0.15, 0.2) is 0 Å². The van der Waals surface area contributed by atoms with Crippen molar-refractivity contribution in [3.05, 3.63) is 64.2 Å². The smallest absolute Gasteiger partial charge is 0.137 e. The largest absolute Gasteiger partial charge is 0.491 e. The highest BCUT2D eigenvalue weighted by Crippen LogP contribution is 2.36. The monoisotopic (exact) mass is 269 g/mol. The zero-order valence-corrected chi connectivity index (χ0v) is 11.0. The van der Waals surface area contributed by atoms with Gasteiger partial charge >= 0.3 is 0 Å². The molecule has 19 heavy (non-hydrogen) atoms. The standard InChI is InChI=1S/C16H12ClNO/c17-15-7-11(9-18)5-6-16(15)19-10-13-8-12-3-1-2-4-14(12)13/h1-7,13H,8,10H2. The first-order valence-corrected chi connectivity index (χ1v) is 6.56. The van der Waals surface area contributed by atoms with Gasteiger partial charge in [0.2, 0.25) is 0 Å². The molecule has 0 amide bonds. The van der Waals surface area contributed by atoms with Gasteiger partial charge in [0.1, 0.15) is 5.75 Å².